The smallest absolute Gasteiger partial charge is 0.125 e. The molecule has 100 valence electrons. The van der Waals surface area contributed by atoms with Crippen LogP contribution in [0.4, 0.5) is 0 Å². The third-order valence-electron chi connectivity index (χ3n) is 3.43. The molecule has 1 aromatic rings. The molecule has 0 amide bonds. The zero-order chi connectivity index (χ0) is 13.0. The van der Waals surface area contributed by atoms with Crippen LogP contribution in [0.1, 0.15) is 43.7 Å². The van der Waals surface area contributed by atoms with Gasteiger partial charge in [-0.2, -0.15) is 0 Å². The lowest BCUT2D eigenvalue weighted by Gasteiger charge is -2.11. The lowest BCUT2D eigenvalue weighted by molar-refractivity contribution is 0.151. The van der Waals surface area contributed by atoms with Crippen LogP contribution in [0, 0.1) is 0 Å². The van der Waals surface area contributed by atoms with Crippen LogP contribution >= 0.6 is 15.9 Å². The Labute approximate surface area is 117 Å². The number of halogens is 1. The molecule has 0 spiro atoms. The van der Waals surface area contributed by atoms with E-state index < -0.39 is 0 Å². The van der Waals surface area contributed by atoms with Crippen molar-refractivity contribution in [3.05, 3.63) is 27.7 Å². The first-order valence-electron chi connectivity index (χ1n) is 6.83. The van der Waals surface area contributed by atoms with E-state index in [-0.39, 0.29) is 6.10 Å². The Morgan fingerprint density at radius 2 is 2.22 bits per heavy atom. The highest BCUT2D eigenvalue weighted by atomic mass is 79.9. The third kappa shape index (κ3) is 3.48. The fourth-order valence-electron chi connectivity index (χ4n) is 2.54. The van der Waals surface area contributed by atoms with Gasteiger partial charge in [0.15, 0.2) is 0 Å². The number of benzene rings is 1. The molecule has 1 aliphatic rings. The van der Waals surface area contributed by atoms with Gasteiger partial charge in [0, 0.05) is 10.9 Å². The minimum atomic E-state index is -0.142. The van der Waals surface area contributed by atoms with Crippen molar-refractivity contribution in [2.45, 2.75) is 51.6 Å². The highest BCUT2D eigenvalue weighted by Crippen LogP contribution is 2.33. The van der Waals surface area contributed by atoms with Crippen LogP contribution < -0.4 is 4.74 Å². The summed E-state index contributed by atoms with van der Waals surface area (Å²) in [6.45, 7) is 2.91. The van der Waals surface area contributed by atoms with Gasteiger partial charge in [-0.3, -0.25) is 0 Å². The molecule has 1 heterocycles. The number of hydrogen-bond acceptors (Lipinski definition) is 2. The van der Waals surface area contributed by atoms with Gasteiger partial charge in [-0.25, -0.2) is 0 Å². The molecule has 0 radical (unpaired) electrons. The van der Waals surface area contributed by atoms with Crippen molar-refractivity contribution in [3.8, 4) is 5.75 Å². The van der Waals surface area contributed by atoms with Gasteiger partial charge >= 0.3 is 0 Å². The number of aryl methyl sites for hydroxylation is 1. The topological polar surface area (TPSA) is 29.5 Å². The van der Waals surface area contributed by atoms with E-state index in [9.17, 15) is 5.11 Å². The summed E-state index contributed by atoms with van der Waals surface area (Å²) in [5.74, 6) is 1.09. The Bertz CT molecular complexity index is 404. The number of rotatable bonds is 6. The summed E-state index contributed by atoms with van der Waals surface area (Å²) in [6, 6.07) is 4.30. The van der Waals surface area contributed by atoms with Crippen molar-refractivity contribution in [2.75, 3.05) is 6.61 Å². The molecule has 0 aliphatic carbocycles. The van der Waals surface area contributed by atoms with Crippen LogP contribution in [0.3, 0.4) is 0 Å². The molecule has 18 heavy (non-hydrogen) atoms. The van der Waals surface area contributed by atoms with Crippen LogP contribution in [0.25, 0.3) is 0 Å². The monoisotopic (exact) mass is 312 g/mol. The SMILES string of the molecule is CCCC(O)CCCc1cc(Br)cc2c1OCC2. The van der Waals surface area contributed by atoms with Crippen LogP contribution in [0.5, 0.6) is 5.75 Å². The zero-order valence-corrected chi connectivity index (χ0v) is 12.5. The molecule has 0 fully saturated rings. The minimum Gasteiger partial charge on any atom is -0.493 e. The van der Waals surface area contributed by atoms with Crippen molar-refractivity contribution in [1.82, 2.24) is 0 Å². The molecule has 0 saturated heterocycles. The van der Waals surface area contributed by atoms with E-state index in [0.29, 0.717) is 0 Å². The van der Waals surface area contributed by atoms with Gasteiger partial charge < -0.3 is 9.84 Å². The first-order chi connectivity index (χ1) is 8.70. The maximum atomic E-state index is 9.73. The number of aliphatic hydroxyl groups is 1. The van der Waals surface area contributed by atoms with E-state index in [0.717, 1.165) is 55.4 Å². The third-order valence-corrected chi connectivity index (χ3v) is 3.89. The Morgan fingerprint density at radius 3 is 3.00 bits per heavy atom. The molecule has 1 aliphatic heterocycles. The van der Waals surface area contributed by atoms with E-state index in [1.54, 1.807) is 0 Å². The molecule has 3 heteroatoms. The molecular weight excluding hydrogens is 292 g/mol. The number of fused-ring (bicyclic) bond motifs is 1. The van der Waals surface area contributed by atoms with Crippen LogP contribution in [-0.2, 0) is 12.8 Å². The average Bonchev–Trinajstić information content (AvgIpc) is 2.77. The Hall–Kier alpha value is -0.540. The largest absolute Gasteiger partial charge is 0.493 e. The lowest BCUT2D eigenvalue weighted by Crippen LogP contribution is -2.06. The maximum Gasteiger partial charge on any atom is 0.125 e. The summed E-state index contributed by atoms with van der Waals surface area (Å²) in [7, 11) is 0. The summed E-state index contributed by atoms with van der Waals surface area (Å²) in [5.41, 5.74) is 2.59. The molecular formula is C15H21BrO2. The van der Waals surface area contributed by atoms with Gasteiger partial charge in [-0.05, 0) is 48.9 Å². The van der Waals surface area contributed by atoms with E-state index in [2.05, 4.69) is 35.0 Å². The second-order valence-corrected chi connectivity index (χ2v) is 5.90. The molecule has 0 bridgehead atoms. The molecule has 2 nitrogen and oxygen atoms in total. The van der Waals surface area contributed by atoms with Crippen LogP contribution in [0.2, 0.25) is 0 Å². The maximum absolute atomic E-state index is 9.73. The highest BCUT2D eigenvalue weighted by Gasteiger charge is 2.17. The van der Waals surface area contributed by atoms with Gasteiger partial charge in [0.2, 0.25) is 0 Å². The number of hydrogen-bond donors (Lipinski definition) is 1. The van der Waals surface area contributed by atoms with Crippen molar-refractivity contribution < 1.29 is 9.84 Å². The van der Waals surface area contributed by atoms with E-state index >= 15 is 0 Å². The molecule has 0 saturated carbocycles. The second kappa shape index (κ2) is 6.58. The van der Waals surface area contributed by atoms with Gasteiger partial charge in [-0.15, -0.1) is 0 Å². The first kappa shape index (κ1) is 13.9. The van der Waals surface area contributed by atoms with Crippen molar-refractivity contribution >= 4 is 15.9 Å². The predicted molar refractivity (Wildman–Crippen MR) is 77.2 cm³/mol. The van der Waals surface area contributed by atoms with E-state index in [4.69, 9.17) is 4.74 Å². The first-order valence-corrected chi connectivity index (χ1v) is 7.62. The van der Waals surface area contributed by atoms with Gasteiger partial charge in [-0.1, -0.05) is 29.3 Å². The quantitative estimate of drug-likeness (QED) is 0.864. The summed E-state index contributed by atoms with van der Waals surface area (Å²) in [4.78, 5) is 0. The normalized spacial score (nSPS) is 15.3. The van der Waals surface area contributed by atoms with Crippen molar-refractivity contribution in [2.24, 2.45) is 0 Å². The van der Waals surface area contributed by atoms with Gasteiger partial charge in [0.25, 0.3) is 0 Å². The second-order valence-electron chi connectivity index (χ2n) is 4.99. The average molecular weight is 313 g/mol. The lowest BCUT2D eigenvalue weighted by atomic mass is 10.0. The summed E-state index contributed by atoms with van der Waals surface area (Å²) >= 11 is 3.56. The Kier molecular flexibility index (Phi) is 5.07. The van der Waals surface area contributed by atoms with E-state index in [1.807, 2.05) is 0 Å². The van der Waals surface area contributed by atoms with Gasteiger partial charge in [0.05, 0.1) is 12.7 Å². The number of aliphatic hydroxyl groups excluding tert-OH is 1. The molecule has 1 aromatic carbocycles. The van der Waals surface area contributed by atoms with Crippen LogP contribution in [0.15, 0.2) is 16.6 Å². The van der Waals surface area contributed by atoms with E-state index in [1.165, 1.54) is 11.1 Å². The molecule has 1 unspecified atom stereocenters. The van der Waals surface area contributed by atoms with Crippen molar-refractivity contribution in [1.29, 1.82) is 0 Å². The molecule has 1 atom stereocenters. The summed E-state index contributed by atoms with van der Waals surface area (Å²) in [5, 5.41) is 9.73. The summed E-state index contributed by atoms with van der Waals surface area (Å²) < 4.78 is 6.84. The molecule has 0 aromatic heterocycles. The van der Waals surface area contributed by atoms with Crippen molar-refractivity contribution in [3.63, 3.8) is 0 Å². The number of ether oxygens (including phenoxy) is 1. The fraction of sp³-hybridized carbons (Fsp3) is 0.600. The van der Waals surface area contributed by atoms with Gasteiger partial charge in [0.1, 0.15) is 5.75 Å². The predicted octanol–water partition coefficient (Wildman–Crippen LogP) is 3.87. The Balaban J connectivity index is 1.93. The fourth-order valence-corrected chi connectivity index (χ4v) is 3.09. The Morgan fingerprint density at radius 1 is 1.39 bits per heavy atom. The van der Waals surface area contributed by atoms with Crippen LogP contribution in [-0.4, -0.2) is 17.8 Å². The molecule has 2 rings (SSSR count). The molecule has 1 N–H and O–H groups in total. The summed E-state index contributed by atoms with van der Waals surface area (Å²) in [6.07, 6.45) is 5.73. The zero-order valence-electron chi connectivity index (χ0n) is 10.9. The highest BCUT2D eigenvalue weighted by molar-refractivity contribution is 9.10. The minimum absolute atomic E-state index is 0.142. The standard InChI is InChI=1S/C15H21BrO2/c1-2-4-14(17)6-3-5-11-9-13(16)10-12-7-8-18-15(11)12/h9-10,14,17H,2-8H2,1H3.